The lowest BCUT2D eigenvalue weighted by Gasteiger charge is -2.07. The predicted molar refractivity (Wildman–Crippen MR) is 100 cm³/mol. The standard InChI is InChI=1S/C20H18N4O4/c1-12-6-4-5-7-14(12)19-21-17(28-24-19)11-18-22-23-20(27-18)13-8-9-15(25-2)16(10-13)26-3/h4-10H,11H2,1-3H3. The lowest BCUT2D eigenvalue weighted by Crippen LogP contribution is -1.90. The first-order valence-corrected chi connectivity index (χ1v) is 8.61. The van der Waals surface area contributed by atoms with E-state index in [9.17, 15) is 0 Å². The number of aryl methyl sites for hydroxylation is 1. The molecule has 0 unspecified atom stereocenters. The summed E-state index contributed by atoms with van der Waals surface area (Å²) in [6.07, 6.45) is 0.249. The van der Waals surface area contributed by atoms with Gasteiger partial charge >= 0.3 is 0 Å². The fourth-order valence-corrected chi connectivity index (χ4v) is 2.80. The third-order valence-electron chi connectivity index (χ3n) is 4.25. The summed E-state index contributed by atoms with van der Waals surface area (Å²) in [6, 6.07) is 13.2. The van der Waals surface area contributed by atoms with E-state index in [1.165, 1.54) is 0 Å². The van der Waals surface area contributed by atoms with E-state index in [0.717, 1.165) is 16.7 Å². The molecule has 0 N–H and O–H groups in total. The molecule has 0 saturated carbocycles. The van der Waals surface area contributed by atoms with Crippen LogP contribution in [0.15, 0.2) is 51.4 Å². The molecule has 0 saturated heterocycles. The molecule has 0 aliphatic heterocycles. The molecule has 4 rings (SSSR count). The maximum Gasteiger partial charge on any atom is 0.247 e. The zero-order valence-corrected chi connectivity index (χ0v) is 15.7. The minimum atomic E-state index is 0.249. The second kappa shape index (κ2) is 7.51. The van der Waals surface area contributed by atoms with Gasteiger partial charge in [-0.15, -0.1) is 10.2 Å². The lowest BCUT2D eigenvalue weighted by atomic mass is 10.1. The summed E-state index contributed by atoms with van der Waals surface area (Å²) in [6.45, 7) is 2.00. The molecule has 0 aliphatic carbocycles. The number of methoxy groups -OCH3 is 2. The van der Waals surface area contributed by atoms with Crippen molar-refractivity contribution < 1.29 is 18.4 Å². The van der Waals surface area contributed by atoms with Crippen molar-refractivity contribution in [3.63, 3.8) is 0 Å². The Bertz CT molecular complexity index is 1100. The molecular weight excluding hydrogens is 360 g/mol. The quantitative estimate of drug-likeness (QED) is 0.501. The SMILES string of the molecule is COc1ccc(-c2nnc(Cc3nc(-c4ccccc4C)no3)o2)cc1OC. The summed E-state index contributed by atoms with van der Waals surface area (Å²) in [7, 11) is 3.15. The third kappa shape index (κ3) is 3.44. The Hall–Kier alpha value is -3.68. The molecule has 0 radical (unpaired) electrons. The normalized spacial score (nSPS) is 10.8. The van der Waals surface area contributed by atoms with Crippen molar-refractivity contribution in [2.24, 2.45) is 0 Å². The maximum atomic E-state index is 5.74. The fourth-order valence-electron chi connectivity index (χ4n) is 2.80. The van der Waals surface area contributed by atoms with E-state index >= 15 is 0 Å². The van der Waals surface area contributed by atoms with Gasteiger partial charge < -0.3 is 18.4 Å². The van der Waals surface area contributed by atoms with Crippen LogP contribution in [-0.4, -0.2) is 34.6 Å². The zero-order chi connectivity index (χ0) is 19.5. The summed E-state index contributed by atoms with van der Waals surface area (Å²) in [4.78, 5) is 4.43. The van der Waals surface area contributed by atoms with Gasteiger partial charge in [0.1, 0.15) is 6.42 Å². The van der Waals surface area contributed by atoms with Crippen LogP contribution in [0, 0.1) is 6.92 Å². The summed E-state index contributed by atoms with van der Waals surface area (Å²) < 4.78 is 21.6. The van der Waals surface area contributed by atoms with Crippen molar-refractivity contribution in [2.45, 2.75) is 13.3 Å². The molecule has 8 heteroatoms. The average Bonchev–Trinajstić information content (AvgIpc) is 3.38. The van der Waals surface area contributed by atoms with E-state index in [4.69, 9.17) is 18.4 Å². The van der Waals surface area contributed by atoms with E-state index in [2.05, 4.69) is 20.3 Å². The van der Waals surface area contributed by atoms with Crippen LogP contribution >= 0.6 is 0 Å². The fraction of sp³-hybridized carbons (Fsp3) is 0.200. The predicted octanol–water partition coefficient (Wildman–Crippen LogP) is 3.70. The third-order valence-corrected chi connectivity index (χ3v) is 4.25. The molecule has 0 fully saturated rings. The molecule has 4 aromatic rings. The molecule has 0 aliphatic rings. The van der Waals surface area contributed by atoms with Gasteiger partial charge in [0.05, 0.1) is 14.2 Å². The summed E-state index contributed by atoms with van der Waals surface area (Å²) in [5, 5.41) is 12.2. The van der Waals surface area contributed by atoms with Crippen LogP contribution in [0.5, 0.6) is 11.5 Å². The van der Waals surface area contributed by atoms with Gasteiger partial charge in [-0.1, -0.05) is 29.4 Å². The molecule has 28 heavy (non-hydrogen) atoms. The van der Waals surface area contributed by atoms with Crippen LogP contribution in [0.2, 0.25) is 0 Å². The van der Waals surface area contributed by atoms with Crippen LogP contribution in [0.4, 0.5) is 0 Å². The van der Waals surface area contributed by atoms with Crippen LogP contribution < -0.4 is 9.47 Å². The van der Waals surface area contributed by atoms with E-state index in [-0.39, 0.29) is 6.42 Å². The number of hydrogen-bond acceptors (Lipinski definition) is 8. The van der Waals surface area contributed by atoms with E-state index < -0.39 is 0 Å². The number of hydrogen-bond donors (Lipinski definition) is 0. The van der Waals surface area contributed by atoms with Gasteiger partial charge in [0.15, 0.2) is 11.5 Å². The highest BCUT2D eigenvalue weighted by Crippen LogP contribution is 2.32. The summed E-state index contributed by atoms with van der Waals surface area (Å²) in [5.41, 5.74) is 2.72. The molecular formula is C20H18N4O4. The molecule has 0 bridgehead atoms. The smallest absolute Gasteiger partial charge is 0.247 e. The molecule has 142 valence electrons. The highest BCUT2D eigenvalue weighted by Gasteiger charge is 2.16. The van der Waals surface area contributed by atoms with Crippen molar-refractivity contribution >= 4 is 0 Å². The molecule has 0 amide bonds. The van der Waals surface area contributed by atoms with Crippen molar-refractivity contribution in [2.75, 3.05) is 14.2 Å². The highest BCUT2D eigenvalue weighted by atomic mass is 16.5. The number of rotatable bonds is 6. The molecule has 2 heterocycles. The van der Waals surface area contributed by atoms with E-state index in [1.807, 2.05) is 37.3 Å². The molecule has 8 nitrogen and oxygen atoms in total. The number of aromatic nitrogens is 4. The Balaban J connectivity index is 1.54. The first-order chi connectivity index (χ1) is 13.7. The highest BCUT2D eigenvalue weighted by molar-refractivity contribution is 5.60. The minimum absolute atomic E-state index is 0.249. The van der Waals surface area contributed by atoms with Crippen molar-refractivity contribution in [1.82, 2.24) is 20.3 Å². The second-order valence-electron chi connectivity index (χ2n) is 6.07. The van der Waals surface area contributed by atoms with Crippen LogP contribution in [0.25, 0.3) is 22.8 Å². The summed E-state index contributed by atoms with van der Waals surface area (Å²) in [5.74, 6) is 2.90. The second-order valence-corrected chi connectivity index (χ2v) is 6.07. The van der Waals surface area contributed by atoms with Gasteiger partial charge in [-0.2, -0.15) is 4.98 Å². The Morgan fingerprint density at radius 2 is 1.75 bits per heavy atom. The van der Waals surface area contributed by atoms with Gasteiger partial charge in [0.2, 0.25) is 23.5 Å². The monoisotopic (exact) mass is 378 g/mol. The first kappa shape index (κ1) is 17.7. The topological polar surface area (TPSA) is 96.3 Å². The first-order valence-electron chi connectivity index (χ1n) is 8.61. The number of ether oxygens (including phenoxy) is 2. The molecule has 2 aromatic carbocycles. The Morgan fingerprint density at radius 1 is 0.929 bits per heavy atom. The van der Waals surface area contributed by atoms with Gasteiger partial charge in [-0.25, -0.2) is 0 Å². The number of nitrogens with zero attached hydrogens (tertiary/aromatic N) is 4. The molecule has 2 aromatic heterocycles. The number of benzene rings is 2. The largest absolute Gasteiger partial charge is 0.493 e. The van der Waals surface area contributed by atoms with Crippen LogP contribution in [-0.2, 0) is 6.42 Å². The van der Waals surface area contributed by atoms with Gasteiger partial charge in [-0.3, -0.25) is 0 Å². The Morgan fingerprint density at radius 3 is 2.54 bits per heavy atom. The molecule has 0 atom stereocenters. The average molecular weight is 378 g/mol. The van der Waals surface area contributed by atoms with E-state index in [0.29, 0.717) is 35.0 Å². The Kier molecular flexibility index (Phi) is 4.76. The Labute approximate surface area is 161 Å². The van der Waals surface area contributed by atoms with Crippen LogP contribution in [0.3, 0.4) is 0 Å². The van der Waals surface area contributed by atoms with Crippen LogP contribution in [0.1, 0.15) is 17.3 Å². The van der Waals surface area contributed by atoms with Gasteiger partial charge in [0.25, 0.3) is 0 Å². The van der Waals surface area contributed by atoms with Gasteiger partial charge in [-0.05, 0) is 30.7 Å². The van der Waals surface area contributed by atoms with Crippen molar-refractivity contribution in [3.05, 3.63) is 59.8 Å². The van der Waals surface area contributed by atoms with E-state index in [1.54, 1.807) is 26.4 Å². The summed E-state index contributed by atoms with van der Waals surface area (Å²) >= 11 is 0. The van der Waals surface area contributed by atoms with Crippen molar-refractivity contribution in [1.29, 1.82) is 0 Å². The van der Waals surface area contributed by atoms with Gasteiger partial charge in [0, 0.05) is 11.1 Å². The zero-order valence-electron chi connectivity index (χ0n) is 15.7. The maximum absolute atomic E-state index is 5.74. The lowest BCUT2D eigenvalue weighted by molar-refractivity contribution is 0.355. The molecule has 0 spiro atoms. The minimum Gasteiger partial charge on any atom is -0.493 e. The van der Waals surface area contributed by atoms with Crippen molar-refractivity contribution in [3.8, 4) is 34.3 Å².